The average molecular weight is 194 g/mol. The molecule has 0 atom stereocenters. The smallest absolute Gasteiger partial charge is 0.283 e. The fourth-order valence-electron chi connectivity index (χ4n) is 0.861. The molecule has 0 saturated carbocycles. The van der Waals surface area contributed by atoms with E-state index in [-0.39, 0.29) is 12.1 Å². The lowest BCUT2D eigenvalue weighted by Gasteiger charge is -2.04. The van der Waals surface area contributed by atoms with Gasteiger partial charge in [-0.3, -0.25) is 0 Å². The second-order valence-electron chi connectivity index (χ2n) is 2.31. The average Bonchev–Trinajstić information content (AvgIpc) is 2.08. The molecule has 2 nitrogen and oxygen atoms in total. The third-order valence-corrected chi connectivity index (χ3v) is 1.45. The molecule has 13 heavy (non-hydrogen) atoms. The Hall–Kier alpha value is -1.17. The highest BCUT2D eigenvalue weighted by molar-refractivity contribution is 5.20. The van der Waals surface area contributed by atoms with E-state index in [1.54, 1.807) is 0 Å². The van der Waals surface area contributed by atoms with E-state index in [0.717, 1.165) is 0 Å². The summed E-state index contributed by atoms with van der Waals surface area (Å²) in [5.41, 5.74) is 3.51. The van der Waals surface area contributed by atoms with E-state index in [1.165, 1.54) is 0 Å². The Labute approximate surface area is 71.4 Å². The SMILES string of the molecule is NCc1cc(F)nc(C(F)F)c1F. The van der Waals surface area contributed by atoms with Gasteiger partial charge in [-0.15, -0.1) is 0 Å². The first-order valence-electron chi connectivity index (χ1n) is 3.39. The van der Waals surface area contributed by atoms with Crippen LogP contribution in [0.1, 0.15) is 17.7 Å². The van der Waals surface area contributed by atoms with Gasteiger partial charge in [0, 0.05) is 18.2 Å². The van der Waals surface area contributed by atoms with Crippen LogP contribution in [0.5, 0.6) is 0 Å². The molecular formula is C7H6F4N2. The zero-order valence-corrected chi connectivity index (χ0v) is 6.40. The molecule has 1 heterocycles. The minimum absolute atomic E-state index is 0.303. The molecule has 0 aliphatic rings. The van der Waals surface area contributed by atoms with Gasteiger partial charge in [0.2, 0.25) is 5.95 Å². The van der Waals surface area contributed by atoms with Crippen LogP contribution >= 0.6 is 0 Å². The second-order valence-corrected chi connectivity index (χ2v) is 2.31. The molecule has 1 rings (SSSR count). The highest BCUT2D eigenvalue weighted by atomic mass is 19.3. The van der Waals surface area contributed by atoms with Crippen molar-refractivity contribution >= 4 is 0 Å². The van der Waals surface area contributed by atoms with Crippen LogP contribution in [0.15, 0.2) is 6.07 Å². The Morgan fingerprint density at radius 1 is 1.38 bits per heavy atom. The Kier molecular flexibility index (Phi) is 2.82. The molecular weight excluding hydrogens is 188 g/mol. The number of pyridine rings is 1. The lowest BCUT2D eigenvalue weighted by atomic mass is 10.2. The van der Waals surface area contributed by atoms with Crippen LogP contribution in [0.4, 0.5) is 17.6 Å². The summed E-state index contributed by atoms with van der Waals surface area (Å²) in [4.78, 5) is 2.73. The Balaban J connectivity index is 3.27. The number of nitrogens with zero attached hydrogens (tertiary/aromatic N) is 1. The first-order chi connectivity index (χ1) is 6.06. The van der Waals surface area contributed by atoms with Crippen LogP contribution in [0.25, 0.3) is 0 Å². The molecule has 0 amide bonds. The van der Waals surface area contributed by atoms with Gasteiger partial charge >= 0.3 is 0 Å². The largest absolute Gasteiger partial charge is 0.326 e. The van der Waals surface area contributed by atoms with Gasteiger partial charge in [0.15, 0.2) is 5.82 Å². The van der Waals surface area contributed by atoms with Crippen molar-refractivity contribution in [2.45, 2.75) is 13.0 Å². The number of aromatic nitrogens is 1. The second kappa shape index (κ2) is 3.69. The number of alkyl halides is 2. The van der Waals surface area contributed by atoms with Gasteiger partial charge in [0.25, 0.3) is 6.43 Å². The standard InChI is InChI=1S/C7H6F4N2/c8-4-1-3(2-12)5(9)6(13-4)7(10)11/h1,7H,2,12H2. The first-order valence-corrected chi connectivity index (χ1v) is 3.39. The minimum Gasteiger partial charge on any atom is -0.326 e. The molecule has 0 aliphatic heterocycles. The van der Waals surface area contributed by atoms with Crippen molar-refractivity contribution in [2.24, 2.45) is 5.73 Å². The zero-order chi connectivity index (χ0) is 10.0. The monoisotopic (exact) mass is 194 g/mol. The molecule has 0 aliphatic carbocycles. The number of halogens is 4. The van der Waals surface area contributed by atoms with Crippen LogP contribution in [0.3, 0.4) is 0 Å². The number of hydrogen-bond acceptors (Lipinski definition) is 2. The Bertz CT molecular complexity index is 314. The van der Waals surface area contributed by atoms with E-state index in [9.17, 15) is 17.6 Å². The maximum absolute atomic E-state index is 12.9. The third-order valence-electron chi connectivity index (χ3n) is 1.45. The predicted molar refractivity (Wildman–Crippen MR) is 37.0 cm³/mol. The first kappa shape index (κ1) is 9.91. The normalized spacial score (nSPS) is 10.9. The van der Waals surface area contributed by atoms with Crippen molar-refractivity contribution in [1.29, 1.82) is 0 Å². The van der Waals surface area contributed by atoms with E-state index >= 15 is 0 Å². The van der Waals surface area contributed by atoms with Crippen molar-refractivity contribution in [2.75, 3.05) is 0 Å². The zero-order valence-electron chi connectivity index (χ0n) is 6.40. The van der Waals surface area contributed by atoms with Crippen LogP contribution in [0, 0.1) is 11.8 Å². The summed E-state index contributed by atoms with van der Waals surface area (Å²) in [5, 5.41) is 0. The van der Waals surface area contributed by atoms with Gasteiger partial charge in [-0.1, -0.05) is 0 Å². The summed E-state index contributed by atoms with van der Waals surface area (Å²) in [6.45, 7) is -0.342. The number of nitrogens with two attached hydrogens (primary N) is 1. The summed E-state index contributed by atoms with van der Waals surface area (Å²) in [6, 6.07) is 0.696. The maximum atomic E-state index is 12.9. The molecule has 0 aromatic carbocycles. The molecule has 72 valence electrons. The van der Waals surface area contributed by atoms with Gasteiger partial charge in [-0.25, -0.2) is 18.2 Å². The van der Waals surface area contributed by atoms with Crippen molar-refractivity contribution in [3.8, 4) is 0 Å². The van der Waals surface area contributed by atoms with Crippen LogP contribution in [-0.4, -0.2) is 4.98 Å². The molecule has 0 fully saturated rings. The van der Waals surface area contributed by atoms with Gasteiger partial charge in [-0.2, -0.15) is 4.39 Å². The fraction of sp³-hybridized carbons (Fsp3) is 0.286. The van der Waals surface area contributed by atoms with Gasteiger partial charge in [0.05, 0.1) is 0 Å². The van der Waals surface area contributed by atoms with Gasteiger partial charge in [0.1, 0.15) is 5.69 Å². The quantitative estimate of drug-likeness (QED) is 0.575. The molecule has 2 N–H and O–H groups in total. The fourth-order valence-corrected chi connectivity index (χ4v) is 0.861. The molecule has 0 bridgehead atoms. The summed E-state index contributed by atoms with van der Waals surface area (Å²) in [5.74, 6) is -2.39. The van der Waals surface area contributed by atoms with E-state index < -0.39 is 23.9 Å². The van der Waals surface area contributed by atoms with Crippen molar-refractivity contribution in [3.63, 3.8) is 0 Å². The third kappa shape index (κ3) is 1.95. The summed E-state index contributed by atoms with van der Waals surface area (Å²) in [7, 11) is 0. The minimum atomic E-state index is -3.14. The van der Waals surface area contributed by atoms with E-state index in [4.69, 9.17) is 5.73 Å². The molecule has 0 spiro atoms. The molecule has 0 radical (unpaired) electrons. The van der Waals surface area contributed by atoms with Crippen LogP contribution in [0.2, 0.25) is 0 Å². The lowest BCUT2D eigenvalue weighted by molar-refractivity contribution is 0.138. The number of hydrogen-bond donors (Lipinski definition) is 1. The van der Waals surface area contributed by atoms with E-state index in [0.29, 0.717) is 6.07 Å². The Morgan fingerprint density at radius 2 is 2.00 bits per heavy atom. The lowest BCUT2D eigenvalue weighted by Crippen LogP contribution is -2.07. The van der Waals surface area contributed by atoms with Crippen molar-refractivity contribution in [1.82, 2.24) is 4.98 Å². The summed E-state index contributed by atoms with van der Waals surface area (Å²) < 4.78 is 49.4. The maximum Gasteiger partial charge on any atom is 0.283 e. The number of rotatable bonds is 2. The molecule has 6 heteroatoms. The molecule has 1 aromatic rings. The molecule has 1 aromatic heterocycles. The van der Waals surface area contributed by atoms with Gasteiger partial charge in [-0.05, 0) is 0 Å². The summed E-state index contributed by atoms with van der Waals surface area (Å²) >= 11 is 0. The predicted octanol–water partition coefficient (Wildman–Crippen LogP) is 1.76. The molecule has 0 unspecified atom stereocenters. The van der Waals surface area contributed by atoms with Crippen LogP contribution < -0.4 is 5.73 Å². The Morgan fingerprint density at radius 3 is 2.46 bits per heavy atom. The molecule has 0 saturated heterocycles. The van der Waals surface area contributed by atoms with Crippen molar-refractivity contribution < 1.29 is 17.6 Å². The van der Waals surface area contributed by atoms with Gasteiger partial charge < -0.3 is 5.73 Å². The topological polar surface area (TPSA) is 38.9 Å². The van der Waals surface area contributed by atoms with E-state index in [2.05, 4.69) is 4.98 Å². The highest BCUT2D eigenvalue weighted by Gasteiger charge is 2.19. The van der Waals surface area contributed by atoms with Crippen molar-refractivity contribution in [3.05, 3.63) is 29.1 Å². The van der Waals surface area contributed by atoms with E-state index in [1.807, 2.05) is 0 Å². The summed E-state index contributed by atoms with van der Waals surface area (Å²) in [6.07, 6.45) is -3.14. The highest BCUT2D eigenvalue weighted by Crippen LogP contribution is 2.22. The van der Waals surface area contributed by atoms with Crippen LogP contribution in [-0.2, 0) is 6.54 Å².